The fraction of sp³-hybridized carbons (Fsp3) is 0.660. The van der Waals surface area contributed by atoms with E-state index in [2.05, 4.69) is 93.5 Å². The summed E-state index contributed by atoms with van der Waals surface area (Å²) in [7, 11) is 0. The molecule has 0 amide bonds. The molecule has 1 aliphatic heterocycles. The van der Waals surface area contributed by atoms with Crippen LogP contribution >= 0.6 is 0 Å². The van der Waals surface area contributed by atoms with Gasteiger partial charge in [0, 0.05) is 22.3 Å². The molecule has 0 spiro atoms. The van der Waals surface area contributed by atoms with Crippen LogP contribution in [0.1, 0.15) is 197 Å². The first kappa shape index (κ1) is 44.3. The van der Waals surface area contributed by atoms with Crippen LogP contribution in [0.25, 0.3) is 16.9 Å². The quantitative estimate of drug-likeness (QED) is 0.0610. The van der Waals surface area contributed by atoms with E-state index in [0.29, 0.717) is 0 Å². The Hall–Kier alpha value is -1.82. The molecule has 0 fully saturated rings. The molecule has 284 valence electrons. The predicted molar refractivity (Wildman–Crippen MR) is 219 cm³/mol. The van der Waals surface area contributed by atoms with Gasteiger partial charge < -0.3 is 5.53 Å². The van der Waals surface area contributed by atoms with E-state index >= 15 is 0 Å². The number of benzene rings is 2. The Morgan fingerprint density at radius 2 is 0.760 bits per heavy atom. The van der Waals surface area contributed by atoms with E-state index in [1.807, 2.05) is 0 Å². The van der Waals surface area contributed by atoms with Crippen LogP contribution in [0.4, 0.5) is 0 Å². The second-order valence-electron chi connectivity index (χ2n) is 14.2. The second-order valence-corrected chi connectivity index (χ2v) is 17.2. The summed E-state index contributed by atoms with van der Waals surface area (Å²) in [5, 5.41) is 0. The van der Waals surface area contributed by atoms with E-state index in [4.69, 9.17) is 0 Å². The number of nitrogens with zero attached hydrogens (tertiary/aromatic N) is 2. The van der Waals surface area contributed by atoms with Gasteiger partial charge in [0.05, 0.1) is 0 Å². The second kappa shape index (κ2) is 25.2. The van der Waals surface area contributed by atoms with E-state index in [1.165, 1.54) is 86.4 Å². The van der Waals surface area contributed by atoms with Crippen LogP contribution in [0, 0.1) is 0 Å². The van der Waals surface area contributed by atoms with Gasteiger partial charge in [0.1, 0.15) is 0 Å². The van der Waals surface area contributed by atoms with E-state index in [-0.39, 0.29) is 0 Å². The summed E-state index contributed by atoms with van der Waals surface area (Å²) >= 11 is 1.04. The molecule has 0 aromatic heterocycles. The zero-order valence-electron chi connectivity index (χ0n) is 34.4. The van der Waals surface area contributed by atoms with Crippen molar-refractivity contribution >= 4 is 11.4 Å². The van der Waals surface area contributed by atoms with Crippen molar-refractivity contribution in [2.75, 3.05) is 0 Å². The van der Waals surface area contributed by atoms with Gasteiger partial charge in [0.15, 0.2) is 0 Å². The van der Waals surface area contributed by atoms with Gasteiger partial charge in [-0.05, 0) is 122 Å². The van der Waals surface area contributed by atoms with Crippen molar-refractivity contribution in [1.29, 1.82) is 0 Å². The molecule has 0 atom stereocenters. The molecule has 2 aromatic carbocycles. The molecule has 0 bridgehead atoms. The number of unbranched alkanes of at least 4 members (excludes halogenated alkanes) is 3. The van der Waals surface area contributed by atoms with Crippen LogP contribution in [-0.4, -0.2) is 4.70 Å². The molecule has 0 aliphatic carbocycles. The van der Waals surface area contributed by atoms with Crippen molar-refractivity contribution < 1.29 is 22.7 Å². The van der Waals surface area contributed by atoms with Crippen LogP contribution in [0.15, 0.2) is 35.4 Å². The van der Waals surface area contributed by atoms with Gasteiger partial charge in [-0.1, -0.05) is 113 Å². The van der Waals surface area contributed by atoms with Crippen molar-refractivity contribution in [3.63, 3.8) is 0 Å². The minimum absolute atomic E-state index is 1.02. The Morgan fingerprint density at radius 1 is 0.420 bits per heavy atom. The Labute approximate surface area is 319 Å². The Morgan fingerprint density at radius 3 is 1.04 bits per heavy atom. The average molecular weight is 776 g/mol. The van der Waals surface area contributed by atoms with Crippen LogP contribution in [0.5, 0.6) is 0 Å². The predicted octanol–water partition coefficient (Wildman–Crippen LogP) is 15.3. The zero-order chi connectivity index (χ0) is 36.9. The Bertz CT molecular complexity index is 1320. The molecule has 2 nitrogen and oxygen atoms in total. The molecule has 1 heterocycles. The third-order valence-corrected chi connectivity index (χ3v) is 11.5. The fourth-order valence-electron chi connectivity index (χ4n) is 7.83. The number of hydrogen-bond acceptors (Lipinski definition) is 0. The van der Waals surface area contributed by atoms with Gasteiger partial charge >= 0.3 is 41.6 Å². The number of aryl methyl sites for hydroxylation is 4. The molecular weight excluding hydrogens is 699 g/mol. The summed E-state index contributed by atoms with van der Waals surface area (Å²) in [4.78, 5) is 2.79. The van der Waals surface area contributed by atoms with Gasteiger partial charge in [-0.2, -0.15) is 0 Å². The van der Waals surface area contributed by atoms with Crippen LogP contribution < -0.4 is 0 Å². The van der Waals surface area contributed by atoms with Gasteiger partial charge in [-0.15, -0.1) is 0 Å². The first-order valence-electron chi connectivity index (χ1n) is 21.1. The third kappa shape index (κ3) is 12.4. The third-order valence-electron chi connectivity index (χ3n) is 9.98. The molecule has 0 unspecified atom stereocenters. The van der Waals surface area contributed by atoms with Crippen molar-refractivity contribution in [3.8, 4) is 0 Å². The van der Waals surface area contributed by atoms with Crippen molar-refractivity contribution in [2.24, 2.45) is 0 Å². The van der Waals surface area contributed by atoms with E-state index in [0.717, 1.165) is 119 Å². The Balaban J connectivity index is 0.00000161. The van der Waals surface area contributed by atoms with Crippen LogP contribution in [0.2, 0.25) is 9.79 Å². The van der Waals surface area contributed by atoms with Crippen molar-refractivity contribution in [3.05, 3.63) is 85.5 Å². The average Bonchev–Trinajstić information content (AvgIpc) is 3.37. The normalized spacial score (nSPS) is 13.1. The monoisotopic (exact) mass is 775 g/mol. The number of allylic oxidation sites excluding steroid dienone is 2. The van der Waals surface area contributed by atoms with E-state index < -0.39 is 0 Å². The molecular formula is C47H76N2Pd. The standard InChI is InChI=1S/C43H66N2.2C2H5.Pd/c1-9-17-19-27-41-40(26-18-10-2)42(36-28-32(20-11-3)38(24-15-7)33(29-36)21-12-4)45(44)43(41)37-30-34(22-13-5)39(25-16-8)35(31-37)23-14-6;2*1-2;/h28-31H,9-27H2,1-8H3;2*1H2,2H3;. The Kier molecular flexibility index (Phi) is 22.4. The molecule has 0 N–H and O–H groups in total. The molecule has 0 radical (unpaired) electrons. The molecule has 0 saturated heterocycles. The summed E-state index contributed by atoms with van der Waals surface area (Å²) in [6, 6.07) is 9.84. The minimum atomic E-state index is 1.02. The first-order valence-corrected chi connectivity index (χ1v) is 23.3. The molecule has 3 rings (SSSR count). The van der Waals surface area contributed by atoms with Crippen molar-refractivity contribution in [2.45, 2.75) is 201 Å². The van der Waals surface area contributed by atoms with Gasteiger partial charge in [-0.3, -0.25) is 0 Å². The maximum atomic E-state index is 12.5. The summed E-state index contributed by atoms with van der Waals surface area (Å²) in [6.45, 7) is 22.9. The molecule has 0 saturated carbocycles. The summed E-state index contributed by atoms with van der Waals surface area (Å²) in [5.41, 5.74) is 29.0. The van der Waals surface area contributed by atoms with E-state index in [1.54, 1.807) is 15.8 Å². The summed E-state index contributed by atoms with van der Waals surface area (Å²) in [5.74, 6) is 0. The van der Waals surface area contributed by atoms with Crippen molar-refractivity contribution in [1.82, 2.24) is 0 Å². The number of rotatable bonds is 23. The first-order chi connectivity index (χ1) is 24.3. The summed E-state index contributed by atoms with van der Waals surface area (Å²) < 4.78 is 1.66. The van der Waals surface area contributed by atoms with Gasteiger partial charge in [0.2, 0.25) is 11.4 Å². The van der Waals surface area contributed by atoms with E-state index in [9.17, 15) is 5.53 Å². The fourth-order valence-corrected chi connectivity index (χ4v) is 8.61. The molecule has 1 aliphatic rings. The summed E-state index contributed by atoms with van der Waals surface area (Å²) in [6.07, 6.45) is 21.6. The SMILES string of the molecule is CCCCCC1=C(c2cc(CCC)c(CCC)c(CCC)c2)[N+](=[N-])C(c2cc(CCC)c(CCC)c(CCC)c2)=C1CCCC.C[CH2][Pd][CH2]C. The van der Waals surface area contributed by atoms with Crippen LogP contribution in [-0.2, 0) is 56.5 Å². The topological polar surface area (TPSA) is 25.3 Å². The van der Waals surface area contributed by atoms with Gasteiger partial charge in [-0.25, -0.2) is 4.70 Å². The molecule has 2 aromatic rings. The van der Waals surface area contributed by atoms with Crippen LogP contribution in [0.3, 0.4) is 0 Å². The maximum absolute atomic E-state index is 12.5. The van der Waals surface area contributed by atoms with Gasteiger partial charge in [0.25, 0.3) is 0 Å². The zero-order valence-corrected chi connectivity index (χ0v) is 35.9. The number of hydrogen-bond donors (Lipinski definition) is 0. The molecule has 3 heteroatoms. The molecule has 50 heavy (non-hydrogen) atoms.